The molecule has 0 unspecified atom stereocenters. The van der Waals surface area contributed by atoms with Crippen LogP contribution >= 0.6 is 0 Å². The van der Waals surface area contributed by atoms with Gasteiger partial charge in [-0.3, -0.25) is 4.79 Å². The normalized spacial score (nSPS) is 19.9. The molecule has 1 aliphatic heterocycles. The number of aryl methyl sites for hydroxylation is 2. The molecule has 1 saturated heterocycles. The van der Waals surface area contributed by atoms with Gasteiger partial charge in [0.2, 0.25) is 0 Å². The SMILES string of the molecule is CO[C@@H]1CN(C(=O)c2cc(C)ccc2C)C[C@H]1Oc1cccc(N)c1. The summed E-state index contributed by atoms with van der Waals surface area (Å²) in [6, 6.07) is 13.2. The first kappa shape index (κ1) is 17.3. The lowest BCUT2D eigenvalue weighted by Crippen LogP contribution is -2.32. The van der Waals surface area contributed by atoms with E-state index in [1.807, 2.05) is 50.2 Å². The second kappa shape index (κ2) is 7.15. The van der Waals surface area contributed by atoms with E-state index < -0.39 is 0 Å². The molecule has 0 aromatic heterocycles. The molecule has 2 aromatic rings. The summed E-state index contributed by atoms with van der Waals surface area (Å²) in [5.74, 6) is 0.704. The van der Waals surface area contributed by atoms with Crippen LogP contribution in [0.4, 0.5) is 5.69 Å². The first-order chi connectivity index (χ1) is 12.0. The van der Waals surface area contributed by atoms with Crippen LogP contribution in [0.1, 0.15) is 21.5 Å². The van der Waals surface area contributed by atoms with E-state index in [-0.39, 0.29) is 18.1 Å². The van der Waals surface area contributed by atoms with Gasteiger partial charge in [-0.2, -0.15) is 0 Å². The Bertz CT molecular complexity index is 775. The number of rotatable bonds is 4. The summed E-state index contributed by atoms with van der Waals surface area (Å²) in [6.07, 6.45) is -0.392. The summed E-state index contributed by atoms with van der Waals surface area (Å²) >= 11 is 0. The van der Waals surface area contributed by atoms with Gasteiger partial charge in [0.1, 0.15) is 18.0 Å². The number of amides is 1. The predicted octanol–water partition coefficient (Wildman–Crippen LogP) is 2.80. The number of nitrogens with two attached hydrogens (primary N) is 1. The molecule has 5 nitrogen and oxygen atoms in total. The Labute approximate surface area is 148 Å². The zero-order chi connectivity index (χ0) is 18.0. The number of methoxy groups -OCH3 is 1. The average Bonchev–Trinajstić information content (AvgIpc) is 2.99. The fraction of sp³-hybridized carbons (Fsp3) is 0.350. The Kier molecular flexibility index (Phi) is 4.95. The van der Waals surface area contributed by atoms with Crippen molar-refractivity contribution in [2.75, 3.05) is 25.9 Å². The van der Waals surface area contributed by atoms with Crippen LogP contribution in [0, 0.1) is 13.8 Å². The van der Waals surface area contributed by atoms with Crippen LogP contribution in [-0.4, -0.2) is 43.2 Å². The van der Waals surface area contributed by atoms with Crippen LogP contribution < -0.4 is 10.5 Å². The van der Waals surface area contributed by atoms with Crippen molar-refractivity contribution in [3.63, 3.8) is 0 Å². The fourth-order valence-electron chi connectivity index (χ4n) is 3.15. The first-order valence-electron chi connectivity index (χ1n) is 8.39. The van der Waals surface area contributed by atoms with Gasteiger partial charge in [0, 0.05) is 24.4 Å². The quantitative estimate of drug-likeness (QED) is 0.869. The van der Waals surface area contributed by atoms with E-state index in [0.29, 0.717) is 24.5 Å². The maximum Gasteiger partial charge on any atom is 0.254 e. The zero-order valence-electron chi connectivity index (χ0n) is 14.9. The van der Waals surface area contributed by atoms with Crippen molar-refractivity contribution >= 4 is 11.6 Å². The van der Waals surface area contributed by atoms with E-state index in [2.05, 4.69) is 0 Å². The van der Waals surface area contributed by atoms with E-state index in [0.717, 1.165) is 16.7 Å². The highest BCUT2D eigenvalue weighted by atomic mass is 16.5. The number of hydrogen-bond donors (Lipinski definition) is 1. The molecule has 1 heterocycles. The van der Waals surface area contributed by atoms with Gasteiger partial charge in [-0.05, 0) is 37.6 Å². The van der Waals surface area contributed by atoms with Crippen molar-refractivity contribution in [1.82, 2.24) is 4.90 Å². The molecule has 5 heteroatoms. The van der Waals surface area contributed by atoms with Crippen LogP contribution in [0.3, 0.4) is 0 Å². The van der Waals surface area contributed by atoms with Gasteiger partial charge in [-0.1, -0.05) is 23.8 Å². The molecule has 1 aliphatic rings. The van der Waals surface area contributed by atoms with Crippen LogP contribution in [0.15, 0.2) is 42.5 Å². The van der Waals surface area contributed by atoms with Gasteiger partial charge in [0.15, 0.2) is 0 Å². The molecule has 2 atom stereocenters. The molecule has 1 amide bonds. The molecule has 0 aliphatic carbocycles. The van der Waals surface area contributed by atoms with Crippen molar-refractivity contribution < 1.29 is 14.3 Å². The molecule has 2 N–H and O–H groups in total. The minimum absolute atomic E-state index is 0.0157. The lowest BCUT2D eigenvalue weighted by atomic mass is 10.0. The van der Waals surface area contributed by atoms with Gasteiger partial charge >= 0.3 is 0 Å². The van der Waals surface area contributed by atoms with Gasteiger partial charge in [0.05, 0.1) is 13.1 Å². The Hall–Kier alpha value is -2.53. The molecule has 2 aromatic carbocycles. The number of nitrogen functional groups attached to an aromatic ring is 1. The highest BCUT2D eigenvalue weighted by Gasteiger charge is 2.37. The number of carbonyl (C=O) groups is 1. The molecule has 3 rings (SSSR count). The third kappa shape index (κ3) is 3.77. The van der Waals surface area contributed by atoms with Crippen molar-refractivity contribution in [3.05, 3.63) is 59.2 Å². The van der Waals surface area contributed by atoms with Crippen molar-refractivity contribution in [2.24, 2.45) is 0 Å². The highest BCUT2D eigenvalue weighted by molar-refractivity contribution is 5.96. The number of likely N-dealkylation sites (tertiary alicyclic amines) is 1. The van der Waals surface area contributed by atoms with E-state index >= 15 is 0 Å². The molecule has 0 bridgehead atoms. The van der Waals surface area contributed by atoms with Crippen molar-refractivity contribution in [3.8, 4) is 5.75 Å². The van der Waals surface area contributed by atoms with E-state index in [1.54, 1.807) is 18.1 Å². The number of anilines is 1. The number of carbonyl (C=O) groups excluding carboxylic acids is 1. The van der Waals surface area contributed by atoms with Crippen LogP contribution in [0.5, 0.6) is 5.75 Å². The Morgan fingerprint density at radius 3 is 2.60 bits per heavy atom. The monoisotopic (exact) mass is 340 g/mol. The van der Waals surface area contributed by atoms with Crippen molar-refractivity contribution in [2.45, 2.75) is 26.1 Å². The smallest absolute Gasteiger partial charge is 0.254 e. The lowest BCUT2D eigenvalue weighted by Gasteiger charge is -2.19. The van der Waals surface area contributed by atoms with E-state index in [9.17, 15) is 4.79 Å². The maximum absolute atomic E-state index is 12.9. The van der Waals surface area contributed by atoms with Gasteiger partial charge in [0.25, 0.3) is 5.91 Å². The second-order valence-corrected chi connectivity index (χ2v) is 6.53. The van der Waals surface area contributed by atoms with Gasteiger partial charge in [-0.25, -0.2) is 0 Å². The van der Waals surface area contributed by atoms with Gasteiger partial charge in [-0.15, -0.1) is 0 Å². The third-order valence-electron chi connectivity index (χ3n) is 4.57. The average molecular weight is 340 g/mol. The molecule has 25 heavy (non-hydrogen) atoms. The fourth-order valence-corrected chi connectivity index (χ4v) is 3.15. The zero-order valence-corrected chi connectivity index (χ0v) is 14.9. The predicted molar refractivity (Wildman–Crippen MR) is 97.9 cm³/mol. The van der Waals surface area contributed by atoms with Crippen LogP contribution in [0.25, 0.3) is 0 Å². The molecular weight excluding hydrogens is 316 g/mol. The van der Waals surface area contributed by atoms with Crippen LogP contribution in [0.2, 0.25) is 0 Å². The van der Waals surface area contributed by atoms with Crippen LogP contribution in [-0.2, 0) is 4.74 Å². The number of nitrogens with zero attached hydrogens (tertiary/aromatic N) is 1. The molecule has 0 saturated carbocycles. The molecule has 132 valence electrons. The summed E-state index contributed by atoms with van der Waals surface area (Å²) in [5.41, 5.74) is 9.24. The standard InChI is InChI=1S/C20H24N2O3/c1-13-7-8-14(2)17(9-13)20(23)22-11-18(24-3)19(12-22)25-16-6-4-5-15(21)10-16/h4-10,18-19H,11-12,21H2,1-3H3/t18-,19-/m1/s1. The topological polar surface area (TPSA) is 64.8 Å². The van der Waals surface area contributed by atoms with Gasteiger partial charge < -0.3 is 20.1 Å². The number of ether oxygens (including phenoxy) is 2. The van der Waals surface area contributed by atoms with Crippen molar-refractivity contribution in [1.29, 1.82) is 0 Å². The maximum atomic E-state index is 12.9. The molecule has 0 radical (unpaired) electrons. The number of benzene rings is 2. The Morgan fingerprint density at radius 1 is 1.12 bits per heavy atom. The van der Waals surface area contributed by atoms with E-state index in [1.165, 1.54) is 0 Å². The molecular formula is C20H24N2O3. The largest absolute Gasteiger partial charge is 0.486 e. The summed E-state index contributed by atoms with van der Waals surface area (Å²) in [7, 11) is 1.65. The van der Waals surface area contributed by atoms with E-state index in [4.69, 9.17) is 15.2 Å². The third-order valence-corrected chi connectivity index (χ3v) is 4.57. The lowest BCUT2D eigenvalue weighted by molar-refractivity contribution is 0.0340. The Balaban J connectivity index is 1.76. The summed E-state index contributed by atoms with van der Waals surface area (Å²) < 4.78 is 11.6. The second-order valence-electron chi connectivity index (χ2n) is 6.53. The summed E-state index contributed by atoms with van der Waals surface area (Å²) in [5, 5.41) is 0. The minimum Gasteiger partial charge on any atom is -0.486 e. The Morgan fingerprint density at radius 2 is 1.88 bits per heavy atom. The number of hydrogen-bond acceptors (Lipinski definition) is 4. The minimum atomic E-state index is -0.221. The summed E-state index contributed by atoms with van der Waals surface area (Å²) in [6.45, 7) is 4.94. The highest BCUT2D eigenvalue weighted by Crippen LogP contribution is 2.24. The molecule has 0 spiro atoms. The first-order valence-corrected chi connectivity index (χ1v) is 8.39. The summed E-state index contributed by atoms with van der Waals surface area (Å²) in [4.78, 5) is 14.7. The molecule has 1 fully saturated rings.